The van der Waals surface area contributed by atoms with Crippen molar-refractivity contribution in [2.75, 3.05) is 36.9 Å². The van der Waals surface area contributed by atoms with E-state index in [0.717, 1.165) is 43.0 Å². The van der Waals surface area contributed by atoms with Crippen molar-refractivity contribution in [3.05, 3.63) is 17.8 Å². The number of pyridine rings is 1. The molecular weight excluding hydrogens is 230 g/mol. The minimum absolute atomic E-state index is 0.408. The Morgan fingerprint density at radius 2 is 2.17 bits per heavy atom. The molecule has 2 aliphatic heterocycles. The zero-order valence-electron chi connectivity index (χ0n) is 10.7. The highest BCUT2D eigenvalue weighted by Gasteiger charge is 2.41. The molecule has 5 nitrogen and oxygen atoms in total. The Bertz CT molecular complexity index is 444. The SMILES string of the molecule is Cc1cc(N2CCCC3(C2)OCCO3)ncc1N. The van der Waals surface area contributed by atoms with Crippen molar-refractivity contribution in [1.82, 2.24) is 4.98 Å². The first kappa shape index (κ1) is 11.7. The second kappa shape index (κ2) is 4.40. The lowest BCUT2D eigenvalue weighted by Gasteiger charge is -2.39. The minimum Gasteiger partial charge on any atom is -0.397 e. The van der Waals surface area contributed by atoms with Gasteiger partial charge in [-0.25, -0.2) is 4.98 Å². The Balaban J connectivity index is 1.81. The Morgan fingerprint density at radius 3 is 2.89 bits per heavy atom. The molecule has 0 unspecified atom stereocenters. The van der Waals surface area contributed by atoms with Crippen molar-refractivity contribution in [1.29, 1.82) is 0 Å². The number of nitrogens with zero attached hydrogens (tertiary/aromatic N) is 2. The number of nitrogens with two attached hydrogens (primary N) is 1. The van der Waals surface area contributed by atoms with E-state index < -0.39 is 5.79 Å². The van der Waals surface area contributed by atoms with Gasteiger partial charge in [-0.1, -0.05) is 0 Å². The van der Waals surface area contributed by atoms with Crippen LogP contribution in [0.4, 0.5) is 11.5 Å². The number of rotatable bonds is 1. The summed E-state index contributed by atoms with van der Waals surface area (Å²) in [6, 6.07) is 2.03. The van der Waals surface area contributed by atoms with Gasteiger partial charge in [-0.2, -0.15) is 0 Å². The fourth-order valence-electron chi connectivity index (χ4n) is 2.64. The van der Waals surface area contributed by atoms with Crippen LogP contribution < -0.4 is 10.6 Å². The zero-order chi connectivity index (χ0) is 12.6. The molecule has 0 bridgehead atoms. The molecule has 0 radical (unpaired) electrons. The normalized spacial score (nSPS) is 22.6. The van der Waals surface area contributed by atoms with Crippen LogP contribution in [0.2, 0.25) is 0 Å². The summed E-state index contributed by atoms with van der Waals surface area (Å²) >= 11 is 0. The highest BCUT2D eigenvalue weighted by molar-refractivity contribution is 5.52. The summed E-state index contributed by atoms with van der Waals surface area (Å²) in [6.07, 6.45) is 3.75. The summed E-state index contributed by atoms with van der Waals surface area (Å²) in [5.41, 5.74) is 7.60. The van der Waals surface area contributed by atoms with Crippen molar-refractivity contribution in [2.45, 2.75) is 25.6 Å². The smallest absolute Gasteiger partial charge is 0.186 e. The van der Waals surface area contributed by atoms with E-state index in [9.17, 15) is 0 Å². The van der Waals surface area contributed by atoms with Crippen LogP contribution in [0.15, 0.2) is 12.3 Å². The molecule has 1 aromatic heterocycles. The monoisotopic (exact) mass is 249 g/mol. The number of anilines is 2. The number of piperidine rings is 1. The molecule has 2 aliphatic rings. The van der Waals surface area contributed by atoms with Crippen molar-refractivity contribution < 1.29 is 9.47 Å². The van der Waals surface area contributed by atoms with Crippen molar-refractivity contribution in [3.8, 4) is 0 Å². The van der Waals surface area contributed by atoms with Crippen molar-refractivity contribution >= 4 is 11.5 Å². The first-order valence-electron chi connectivity index (χ1n) is 6.44. The summed E-state index contributed by atoms with van der Waals surface area (Å²) < 4.78 is 11.5. The van der Waals surface area contributed by atoms with Gasteiger partial charge in [-0.05, 0) is 25.0 Å². The fraction of sp³-hybridized carbons (Fsp3) is 0.615. The van der Waals surface area contributed by atoms with Crippen LogP contribution in [-0.2, 0) is 9.47 Å². The van der Waals surface area contributed by atoms with Crippen LogP contribution in [0.5, 0.6) is 0 Å². The van der Waals surface area contributed by atoms with Crippen LogP contribution in [0, 0.1) is 6.92 Å². The van der Waals surface area contributed by atoms with E-state index in [-0.39, 0.29) is 0 Å². The number of hydrogen-bond acceptors (Lipinski definition) is 5. The molecule has 1 aromatic rings. The zero-order valence-corrected chi connectivity index (χ0v) is 10.7. The first-order valence-corrected chi connectivity index (χ1v) is 6.44. The standard InChI is InChI=1S/C13H19N3O2/c1-10-7-12(15-8-11(10)14)16-4-2-3-13(9-16)17-5-6-18-13/h7-8H,2-6,9,14H2,1H3. The summed E-state index contributed by atoms with van der Waals surface area (Å²) in [5, 5.41) is 0. The molecule has 0 atom stereocenters. The molecule has 18 heavy (non-hydrogen) atoms. The average Bonchev–Trinajstić information content (AvgIpc) is 2.81. The molecule has 3 heterocycles. The highest BCUT2D eigenvalue weighted by Crippen LogP contribution is 2.32. The number of ether oxygens (including phenoxy) is 2. The molecule has 2 saturated heterocycles. The predicted molar refractivity (Wildman–Crippen MR) is 69.5 cm³/mol. The molecule has 98 valence electrons. The molecule has 0 amide bonds. The van der Waals surface area contributed by atoms with E-state index in [4.69, 9.17) is 15.2 Å². The number of hydrogen-bond donors (Lipinski definition) is 1. The Kier molecular flexibility index (Phi) is 2.87. The number of aryl methyl sites for hydroxylation is 1. The van der Waals surface area contributed by atoms with Crippen LogP contribution in [0.3, 0.4) is 0 Å². The minimum atomic E-state index is -0.408. The van der Waals surface area contributed by atoms with Crippen LogP contribution >= 0.6 is 0 Å². The van der Waals surface area contributed by atoms with Crippen molar-refractivity contribution in [2.24, 2.45) is 0 Å². The molecule has 3 rings (SSSR count). The quantitative estimate of drug-likeness (QED) is 0.813. The lowest BCUT2D eigenvalue weighted by Crippen LogP contribution is -2.49. The molecular formula is C13H19N3O2. The lowest BCUT2D eigenvalue weighted by atomic mass is 10.0. The van der Waals surface area contributed by atoms with Gasteiger partial charge >= 0.3 is 0 Å². The molecule has 0 aromatic carbocycles. The highest BCUT2D eigenvalue weighted by atomic mass is 16.7. The van der Waals surface area contributed by atoms with E-state index >= 15 is 0 Å². The van der Waals surface area contributed by atoms with Gasteiger partial charge in [0.05, 0.1) is 31.6 Å². The van der Waals surface area contributed by atoms with Gasteiger partial charge < -0.3 is 20.1 Å². The maximum absolute atomic E-state index is 5.80. The molecule has 0 saturated carbocycles. The van der Waals surface area contributed by atoms with E-state index in [0.29, 0.717) is 13.2 Å². The van der Waals surface area contributed by atoms with E-state index in [1.165, 1.54) is 0 Å². The summed E-state index contributed by atoms with van der Waals surface area (Å²) in [5.74, 6) is 0.551. The largest absolute Gasteiger partial charge is 0.397 e. The molecule has 0 aliphatic carbocycles. The fourth-order valence-corrected chi connectivity index (χ4v) is 2.64. The van der Waals surface area contributed by atoms with Gasteiger partial charge in [0.25, 0.3) is 0 Å². The van der Waals surface area contributed by atoms with Crippen molar-refractivity contribution in [3.63, 3.8) is 0 Å². The maximum atomic E-state index is 5.80. The van der Waals surface area contributed by atoms with E-state index in [1.54, 1.807) is 6.20 Å². The van der Waals surface area contributed by atoms with E-state index in [1.807, 2.05) is 13.0 Å². The van der Waals surface area contributed by atoms with Gasteiger partial charge in [-0.15, -0.1) is 0 Å². The third kappa shape index (κ3) is 2.04. The van der Waals surface area contributed by atoms with E-state index in [2.05, 4.69) is 9.88 Å². The molecule has 2 N–H and O–H groups in total. The Hall–Kier alpha value is -1.33. The Morgan fingerprint density at radius 1 is 1.39 bits per heavy atom. The second-order valence-electron chi connectivity index (χ2n) is 5.03. The van der Waals surface area contributed by atoms with Gasteiger partial charge in [0.15, 0.2) is 5.79 Å². The van der Waals surface area contributed by atoms with Crippen LogP contribution in [0.25, 0.3) is 0 Å². The summed E-state index contributed by atoms with van der Waals surface area (Å²) in [7, 11) is 0. The predicted octanol–water partition coefficient (Wildman–Crippen LogP) is 1.32. The third-order valence-corrected chi connectivity index (χ3v) is 3.69. The number of nitrogen functional groups attached to an aromatic ring is 1. The lowest BCUT2D eigenvalue weighted by molar-refractivity contribution is -0.161. The molecule has 2 fully saturated rings. The maximum Gasteiger partial charge on any atom is 0.186 e. The summed E-state index contributed by atoms with van der Waals surface area (Å²) in [6.45, 7) is 5.14. The van der Waals surface area contributed by atoms with Crippen LogP contribution in [0.1, 0.15) is 18.4 Å². The van der Waals surface area contributed by atoms with Gasteiger partial charge in [0, 0.05) is 13.0 Å². The topological polar surface area (TPSA) is 60.6 Å². The van der Waals surface area contributed by atoms with Gasteiger partial charge in [0.1, 0.15) is 5.82 Å². The molecule has 1 spiro atoms. The Labute approximate surface area is 107 Å². The molecule has 5 heteroatoms. The average molecular weight is 249 g/mol. The third-order valence-electron chi connectivity index (χ3n) is 3.69. The first-order chi connectivity index (χ1) is 8.69. The van der Waals surface area contributed by atoms with Gasteiger partial charge in [0.2, 0.25) is 0 Å². The second-order valence-corrected chi connectivity index (χ2v) is 5.03. The summed E-state index contributed by atoms with van der Waals surface area (Å²) in [4.78, 5) is 6.63. The van der Waals surface area contributed by atoms with Gasteiger partial charge in [-0.3, -0.25) is 0 Å². The van der Waals surface area contributed by atoms with Crippen LogP contribution in [-0.4, -0.2) is 37.1 Å². The number of aromatic nitrogens is 1.